The van der Waals surface area contributed by atoms with Crippen molar-refractivity contribution >= 4 is 5.69 Å². The lowest BCUT2D eigenvalue weighted by Crippen LogP contribution is -2.06. The molecule has 0 aliphatic heterocycles. The molecular weight excluding hydrogens is 314 g/mol. The Bertz CT molecular complexity index is 791. The highest BCUT2D eigenvalue weighted by molar-refractivity contribution is 5.42. The summed E-state index contributed by atoms with van der Waals surface area (Å²) in [7, 11) is 0. The standard InChI is InChI=1S/C21H19NO3/c23-22(24)21-12-10-18(11-13-21)15-25-16-20(14-17-6-4-5-7-17)19-8-2-1-3-9-19/h1-14,20H,15-16H2. The topological polar surface area (TPSA) is 52.4 Å². The average molecular weight is 333 g/mol. The van der Waals surface area contributed by atoms with Crippen molar-refractivity contribution in [1.82, 2.24) is 0 Å². The smallest absolute Gasteiger partial charge is 0.269 e. The maximum absolute atomic E-state index is 10.7. The number of nitro groups is 1. The highest BCUT2D eigenvalue weighted by Gasteiger charge is 2.11. The van der Waals surface area contributed by atoms with Crippen LogP contribution in [0.4, 0.5) is 5.69 Å². The highest BCUT2D eigenvalue weighted by atomic mass is 16.6. The second-order valence-corrected chi connectivity index (χ2v) is 5.84. The van der Waals surface area contributed by atoms with Crippen LogP contribution in [0.1, 0.15) is 17.0 Å². The van der Waals surface area contributed by atoms with Crippen molar-refractivity contribution in [2.75, 3.05) is 6.61 Å². The van der Waals surface area contributed by atoms with Gasteiger partial charge in [-0.2, -0.15) is 0 Å². The lowest BCUT2D eigenvalue weighted by atomic mass is 9.97. The van der Waals surface area contributed by atoms with Gasteiger partial charge in [-0.15, -0.1) is 0 Å². The van der Waals surface area contributed by atoms with Crippen LogP contribution in [0.2, 0.25) is 0 Å². The number of non-ortho nitro benzene ring substituents is 1. The summed E-state index contributed by atoms with van der Waals surface area (Å²) in [6, 6.07) is 16.7. The molecule has 0 spiro atoms. The Morgan fingerprint density at radius 2 is 1.68 bits per heavy atom. The van der Waals surface area contributed by atoms with Crippen LogP contribution < -0.4 is 0 Å². The average Bonchev–Trinajstić information content (AvgIpc) is 3.15. The number of allylic oxidation sites excluding steroid dienone is 5. The molecule has 0 radical (unpaired) electrons. The van der Waals surface area contributed by atoms with Gasteiger partial charge in [0.15, 0.2) is 0 Å². The first kappa shape index (κ1) is 16.9. The van der Waals surface area contributed by atoms with Crippen molar-refractivity contribution in [1.29, 1.82) is 0 Å². The molecule has 1 atom stereocenters. The van der Waals surface area contributed by atoms with Crippen LogP contribution in [0, 0.1) is 10.1 Å². The molecule has 4 nitrogen and oxygen atoms in total. The van der Waals surface area contributed by atoms with E-state index in [-0.39, 0.29) is 11.6 Å². The van der Waals surface area contributed by atoms with Gasteiger partial charge < -0.3 is 4.74 Å². The van der Waals surface area contributed by atoms with E-state index in [1.54, 1.807) is 12.1 Å². The van der Waals surface area contributed by atoms with Gasteiger partial charge in [0.25, 0.3) is 5.69 Å². The molecule has 126 valence electrons. The van der Waals surface area contributed by atoms with Crippen molar-refractivity contribution < 1.29 is 9.66 Å². The Kier molecular flexibility index (Phi) is 5.54. The van der Waals surface area contributed by atoms with E-state index in [9.17, 15) is 10.1 Å². The third-order valence-electron chi connectivity index (χ3n) is 4.02. The number of rotatable bonds is 7. The number of ether oxygens (including phenoxy) is 1. The van der Waals surface area contributed by atoms with E-state index in [1.165, 1.54) is 23.3 Å². The van der Waals surface area contributed by atoms with E-state index in [1.807, 2.05) is 30.4 Å². The van der Waals surface area contributed by atoms with E-state index in [4.69, 9.17) is 4.74 Å². The Morgan fingerprint density at radius 3 is 2.32 bits per heavy atom. The van der Waals surface area contributed by atoms with Gasteiger partial charge in [-0.3, -0.25) is 10.1 Å². The van der Waals surface area contributed by atoms with Crippen LogP contribution in [-0.2, 0) is 11.3 Å². The lowest BCUT2D eigenvalue weighted by molar-refractivity contribution is -0.384. The molecule has 3 rings (SSSR count). The zero-order valence-electron chi connectivity index (χ0n) is 13.7. The molecule has 0 saturated carbocycles. The van der Waals surface area contributed by atoms with E-state index >= 15 is 0 Å². The maximum atomic E-state index is 10.7. The third-order valence-corrected chi connectivity index (χ3v) is 4.02. The summed E-state index contributed by atoms with van der Waals surface area (Å²) in [5.74, 6) is 0.154. The quantitative estimate of drug-likeness (QED) is 0.532. The minimum atomic E-state index is -0.398. The Labute approximate surface area is 146 Å². The molecule has 0 fully saturated rings. The predicted octanol–water partition coefficient (Wildman–Crippen LogP) is 4.95. The molecule has 25 heavy (non-hydrogen) atoms. The summed E-state index contributed by atoms with van der Waals surface area (Å²) in [6.07, 6.45) is 10.4. The molecule has 0 bridgehead atoms. The number of nitro benzene ring substituents is 1. The zero-order chi connectivity index (χ0) is 17.5. The molecule has 1 unspecified atom stereocenters. The van der Waals surface area contributed by atoms with Gasteiger partial charge in [0.05, 0.1) is 18.1 Å². The van der Waals surface area contributed by atoms with E-state index in [0.717, 1.165) is 5.56 Å². The highest BCUT2D eigenvalue weighted by Crippen LogP contribution is 2.22. The molecular formula is C21H19NO3. The molecule has 2 aromatic carbocycles. The molecule has 0 N–H and O–H groups in total. The molecule has 1 aliphatic rings. The summed E-state index contributed by atoms with van der Waals surface area (Å²) in [6.45, 7) is 0.975. The maximum Gasteiger partial charge on any atom is 0.269 e. The Morgan fingerprint density at radius 1 is 1.00 bits per heavy atom. The van der Waals surface area contributed by atoms with Gasteiger partial charge in [0.2, 0.25) is 0 Å². The van der Waals surface area contributed by atoms with Gasteiger partial charge in [-0.25, -0.2) is 0 Å². The molecule has 0 amide bonds. The van der Waals surface area contributed by atoms with Crippen LogP contribution in [0.25, 0.3) is 0 Å². The summed E-state index contributed by atoms with van der Waals surface area (Å²) in [5.41, 5.74) is 3.39. The largest absolute Gasteiger partial charge is 0.376 e. The summed E-state index contributed by atoms with van der Waals surface area (Å²) < 4.78 is 5.88. The van der Waals surface area contributed by atoms with Gasteiger partial charge >= 0.3 is 0 Å². The van der Waals surface area contributed by atoms with Crippen molar-refractivity contribution in [3.05, 3.63) is 112 Å². The number of nitrogens with zero attached hydrogens (tertiary/aromatic N) is 1. The van der Waals surface area contributed by atoms with Crippen LogP contribution in [-0.4, -0.2) is 11.5 Å². The first-order valence-corrected chi connectivity index (χ1v) is 8.15. The summed E-state index contributed by atoms with van der Waals surface area (Å²) >= 11 is 0. The van der Waals surface area contributed by atoms with Crippen LogP contribution in [0.15, 0.2) is 90.6 Å². The van der Waals surface area contributed by atoms with Gasteiger partial charge in [-0.1, -0.05) is 60.7 Å². The van der Waals surface area contributed by atoms with E-state index in [0.29, 0.717) is 13.2 Å². The van der Waals surface area contributed by atoms with E-state index in [2.05, 4.69) is 30.4 Å². The fourth-order valence-electron chi connectivity index (χ4n) is 2.69. The summed E-state index contributed by atoms with van der Waals surface area (Å²) in [4.78, 5) is 10.3. The zero-order valence-corrected chi connectivity index (χ0v) is 13.7. The van der Waals surface area contributed by atoms with Gasteiger partial charge in [0.1, 0.15) is 0 Å². The predicted molar refractivity (Wildman–Crippen MR) is 98.3 cm³/mol. The fourth-order valence-corrected chi connectivity index (χ4v) is 2.69. The van der Waals surface area contributed by atoms with Crippen molar-refractivity contribution in [2.45, 2.75) is 12.5 Å². The first-order valence-electron chi connectivity index (χ1n) is 8.15. The van der Waals surface area contributed by atoms with Crippen molar-refractivity contribution in [3.8, 4) is 0 Å². The molecule has 0 heterocycles. The fraction of sp³-hybridized carbons (Fsp3) is 0.143. The van der Waals surface area contributed by atoms with E-state index < -0.39 is 4.92 Å². The first-order chi connectivity index (χ1) is 12.2. The molecule has 0 saturated heterocycles. The Balaban J connectivity index is 1.64. The normalized spacial score (nSPS) is 13.8. The van der Waals surface area contributed by atoms with Crippen LogP contribution >= 0.6 is 0 Å². The number of hydrogen-bond donors (Lipinski definition) is 0. The molecule has 0 aromatic heterocycles. The third kappa shape index (κ3) is 4.75. The van der Waals surface area contributed by atoms with Crippen molar-refractivity contribution in [2.24, 2.45) is 0 Å². The minimum Gasteiger partial charge on any atom is -0.376 e. The summed E-state index contributed by atoms with van der Waals surface area (Å²) in [5, 5.41) is 10.7. The van der Waals surface area contributed by atoms with Crippen LogP contribution in [0.5, 0.6) is 0 Å². The molecule has 2 aromatic rings. The second kappa shape index (κ2) is 8.22. The Hall–Kier alpha value is -2.98. The molecule has 4 heteroatoms. The SMILES string of the molecule is O=[N+]([O-])c1ccc(COCC(C=C2C=CC=C2)c2ccccc2)cc1. The molecule has 1 aliphatic carbocycles. The number of benzene rings is 2. The lowest BCUT2D eigenvalue weighted by Gasteiger charge is -2.15. The van der Waals surface area contributed by atoms with Gasteiger partial charge in [0, 0.05) is 18.1 Å². The number of hydrogen-bond acceptors (Lipinski definition) is 3. The minimum absolute atomic E-state index is 0.0930. The van der Waals surface area contributed by atoms with Gasteiger partial charge in [-0.05, 0) is 28.8 Å². The van der Waals surface area contributed by atoms with Crippen molar-refractivity contribution in [3.63, 3.8) is 0 Å². The second-order valence-electron chi connectivity index (χ2n) is 5.84. The van der Waals surface area contributed by atoms with Crippen LogP contribution in [0.3, 0.4) is 0 Å². The monoisotopic (exact) mass is 333 g/mol.